The number of fused-ring (bicyclic) bond motifs is 2. The van der Waals surface area contributed by atoms with Crippen molar-refractivity contribution in [2.24, 2.45) is 0 Å². The Balaban J connectivity index is 2.67. The van der Waals surface area contributed by atoms with Gasteiger partial charge in [-0.05, 0) is 45.1 Å². The Bertz CT molecular complexity index is 538. The predicted octanol–water partition coefficient (Wildman–Crippen LogP) is 2.46. The second-order valence-corrected chi connectivity index (χ2v) is 4.76. The Kier molecular flexibility index (Phi) is 1.58. The first-order valence-electron chi connectivity index (χ1n) is 3.39. The average molecular weight is 273 g/mol. The minimum atomic E-state index is 0.892. The van der Waals surface area contributed by atoms with Crippen LogP contribution in [0.25, 0.3) is 20.4 Å². The van der Waals surface area contributed by atoms with Crippen molar-refractivity contribution >= 4 is 59.4 Å². The van der Waals surface area contributed by atoms with Crippen molar-refractivity contribution in [3.05, 3.63) is 10.5 Å². The average Bonchev–Trinajstić information content (AvgIpc) is 2.71. The molecule has 4 nitrogen and oxygen atoms in total. The fourth-order valence-corrected chi connectivity index (χ4v) is 3.15. The lowest BCUT2D eigenvalue weighted by atomic mass is 10.3. The molecule has 0 unspecified atom stereocenters. The van der Waals surface area contributed by atoms with Crippen LogP contribution in [0.2, 0.25) is 0 Å². The Morgan fingerprint density at radius 1 is 1.15 bits per heavy atom. The highest BCUT2D eigenvalue weighted by Gasteiger charge is 2.10. The van der Waals surface area contributed by atoms with Crippen LogP contribution in [-0.4, -0.2) is 19.2 Å². The number of benzene rings is 1. The Labute approximate surface area is 89.0 Å². The number of nitrogens with zero attached hydrogens (tertiary/aromatic N) is 4. The fourth-order valence-electron chi connectivity index (χ4n) is 1.12. The van der Waals surface area contributed by atoms with E-state index in [0.29, 0.717) is 0 Å². The van der Waals surface area contributed by atoms with E-state index >= 15 is 0 Å². The number of halogens is 1. The molecule has 0 aliphatic rings. The van der Waals surface area contributed by atoms with E-state index in [1.165, 1.54) is 23.1 Å². The second-order valence-electron chi connectivity index (χ2n) is 2.43. The SMILES string of the molecule is Brc1c2nnsc2cc2nnsc12. The van der Waals surface area contributed by atoms with Gasteiger partial charge in [-0.15, -0.1) is 10.2 Å². The summed E-state index contributed by atoms with van der Waals surface area (Å²) in [5, 5.41) is 8.02. The number of hydrogen-bond donors (Lipinski definition) is 0. The molecule has 7 heteroatoms. The van der Waals surface area contributed by atoms with Gasteiger partial charge in [0.25, 0.3) is 0 Å². The van der Waals surface area contributed by atoms with Gasteiger partial charge in [0.1, 0.15) is 11.0 Å². The molecule has 3 aromatic rings. The predicted molar refractivity (Wildman–Crippen MR) is 56.1 cm³/mol. The van der Waals surface area contributed by atoms with Gasteiger partial charge in [-0.25, -0.2) is 0 Å². The summed E-state index contributed by atoms with van der Waals surface area (Å²) in [5.74, 6) is 0. The van der Waals surface area contributed by atoms with Crippen molar-refractivity contribution in [3.8, 4) is 0 Å². The minimum absolute atomic E-state index is 0.892. The highest BCUT2D eigenvalue weighted by atomic mass is 79.9. The standard InChI is InChI=1S/C6HBrN4S2/c7-4-5-3(12-11-9-5)1-2-6(4)13-10-8-2/h1H. The van der Waals surface area contributed by atoms with Gasteiger partial charge in [-0.1, -0.05) is 8.98 Å². The van der Waals surface area contributed by atoms with Crippen molar-refractivity contribution in [1.29, 1.82) is 0 Å². The minimum Gasteiger partial charge on any atom is -0.138 e. The van der Waals surface area contributed by atoms with E-state index in [1.54, 1.807) is 0 Å². The van der Waals surface area contributed by atoms with Gasteiger partial charge in [0.2, 0.25) is 0 Å². The molecule has 13 heavy (non-hydrogen) atoms. The van der Waals surface area contributed by atoms with Gasteiger partial charge in [-0.3, -0.25) is 0 Å². The maximum absolute atomic E-state index is 4.02. The molecule has 2 heterocycles. The molecule has 0 atom stereocenters. The van der Waals surface area contributed by atoms with E-state index in [0.717, 1.165) is 24.9 Å². The van der Waals surface area contributed by atoms with Gasteiger partial charge in [0.15, 0.2) is 0 Å². The summed E-state index contributed by atoms with van der Waals surface area (Å²) in [6, 6.07) is 1.96. The number of rotatable bonds is 0. The summed E-state index contributed by atoms with van der Waals surface area (Å²) >= 11 is 6.20. The lowest BCUT2D eigenvalue weighted by Gasteiger charge is -1.90. The molecular formula is C6HBrN4S2. The molecule has 0 radical (unpaired) electrons. The van der Waals surface area contributed by atoms with E-state index in [4.69, 9.17) is 0 Å². The van der Waals surface area contributed by atoms with E-state index in [-0.39, 0.29) is 0 Å². The van der Waals surface area contributed by atoms with Crippen LogP contribution in [0.1, 0.15) is 0 Å². The van der Waals surface area contributed by atoms with Gasteiger partial charge in [0.05, 0.1) is 13.9 Å². The van der Waals surface area contributed by atoms with Crippen LogP contribution < -0.4 is 0 Å². The third kappa shape index (κ3) is 1.01. The monoisotopic (exact) mass is 272 g/mol. The quantitative estimate of drug-likeness (QED) is 0.631. The smallest absolute Gasteiger partial charge is 0.121 e. The number of aromatic nitrogens is 4. The van der Waals surface area contributed by atoms with E-state index in [1.807, 2.05) is 6.07 Å². The maximum atomic E-state index is 4.02. The topological polar surface area (TPSA) is 51.6 Å². The van der Waals surface area contributed by atoms with Crippen molar-refractivity contribution in [3.63, 3.8) is 0 Å². The summed E-state index contributed by atoms with van der Waals surface area (Å²) in [7, 11) is 0. The zero-order chi connectivity index (χ0) is 8.84. The van der Waals surface area contributed by atoms with E-state index < -0.39 is 0 Å². The lowest BCUT2D eigenvalue weighted by Crippen LogP contribution is -1.73. The van der Waals surface area contributed by atoms with Crippen LogP contribution in [-0.2, 0) is 0 Å². The molecule has 1 aromatic carbocycles. The third-order valence-electron chi connectivity index (χ3n) is 1.70. The fraction of sp³-hybridized carbons (Fsp3) is 0. The van der Waals surface area contributed by atoms with Crippen LogP contribution in [0, 0.1) is 0 Å². The highest BCUT2D eigenvalue weighted by Crippen LogP contribution is 2.33. The van der Waals surface area contributed by atoms with Crippen LogP contribution in [0.15, 0.2) is 10.5 Å². The Morgan fingerprint density at radius 2 is 2.00 bits per heavy atom. The van der Waals surface area contributed by atoms with Crippen molar-refractivity contribution in [2.45, 2.75) is 0 Å². The first-order chi connectivity index (χ1) is 6.36. The highest BCUT2D eigenvalue weighted by molar-refractivity contribution is 9.11. The molecule has 3 rings (SSSR count). The van der Waals surface area contributed by atoms with Crippen LogP contribution in [0.5, 0.6) is 0 Å². The third-order valence-corrected chi connectivity index (χ3v) is 4.17. The molecular weight excluding hydrogens is 272 g/mol. The summed E-state index contributed by atoms with van der Waals surface area (Å²) in [6.45, 7) is 0. The van der Waals surface area contributed by atoms with Gasteiger partial charge >= 0.3 is 0 Å². The molecule has 0 N–H and O–H groups in total. The summed E-state index contributed by atoms with van der Waals surface area (Å²) in [5.41, 5.74) is 1.79. The Hall–Kier alpha value is -0.660. The first-order valence-corrected chi connectivity index (χ1v) is 5.73. The molecule has 0 saturated carbocycles. The van der Waals surface area contributed by atoms with E-state index in [9.17, 15) is 0 Å². The Morgan fingerprint density at radius 3 is 2.92 bits per heavy atom. The molecule has 64 valence electrons. The molecule has 0 amide bonds. The molecule has 0 saturated heterocycles. The van der Waals surface area contributed by atoms with Crippen molar-refractivity contribution in [1.82, 2.24) is 19.2 Å². The second kappa shape index (κ2) is 2.66. The van der Waals surface area contributed by atoms with Gasteiger partial charge in [0, 0.05) is 0 Å². The van der Waals surface area contributed by atoms with Crippen LogP contribution >= 0.6 is 39.0 Å². The van der Waals surface area contributed by atoms with Gasteiger partial charge < -0.3 is 0 Å². The summed E-state index contributed by atoms with van der Waals surface area (Å²) in [6.07, 6.45) is 0. The zero-order valence-electron chi connectivity index (χ0n) is 6.06. The van der Waals surface area contributed by atoms with Crippen LogP contribution in [0.4, 0.5) is 0 Å². The maximum Gasteiger partial charge on any atom is 0.121 e. The molecule has 0 spiro atoms. The molecule has 0 fully saturated rings. The molecule has 2 aromatic heterocycles. The molecule has 0 bridgehead atoms. The first kappa shape index (κ1) is 7.72. The van der Waals surface area contributed by atoms with Crippen molar-refractivity contribution in [2.75, 3.05) is 0 Å². The number of hydrogen-bond acceptors (Lipinski definition) is 6. The molecule has 0 aliphatic carbocycles. The van der Waals surface area contributed by atoms with E-state index in [2.05, 4.69) is 35.1 Å². The zero-order valence-corrected chi connectivity index (χ0v) is 9.28. The summed E-state index contributed by atoms with van der Waals surface area (Å²) in [4.78, 5) is 0. The largest absolute Gasteiger partial charge is 0.138 e. The molecule has 0 aliphatic heterocycles. The van der Waals surface area contributed by atoms with Crippen LogP contribution in [0.3, 0.4) is 0 Å². The van der Waals surface area contributed by atoms with Gasteiger partial charge in [-0.2, -0.15) is 0 Å². The summed E-state index contributed by atoms with van der Waals surface area (Å²) < 4.78 is 10.8. The van der Waals surface area contributed by atoms with Crippen molar-refractivity contribution < 1.29 is 0 Å². The lowest BCUT2D eigenvalue weighted by molar-refractivity contribution is 1.19. The normalized spacial score (nSPS) is 11.5.